The maximum atomic E-state index is 12.9. The van der Waals surface area contributed by atoms with Gasteiger partial charge in [-0.1, -0.05) is 43.7 Å². The Labute approximate surface area is 145 Å². The van der Waals surface area contributed by atoms with E-state index in [1.807, 2.05) is 0 Å². The molecule has 0 unspecified atom stereocenters. The summed E-state index contributed by atoms with van der Waals surface area (Å²) >= 11 is 0. The second-order valence-corrected chi connectivity index (χ2v) is 6.89. The molecule has 2 aromatic rings. The molecule has 2 aromatic carbocycles. The van der Waals surface area contributed by atoms with E-state index >= 15 is 0 Å². The molecule has 0 aromatic heterocycles. The van der Waals surface area contributed by atoms with Crippen molar-refractivity contribution in [2.75, 3.05) is 0 Å². The van der Waals surface area contributed by atoms with Gasteiger partial charge in [0, 0.05) is 11.1 Å². The zero-order valence-electron chi connectivity index (χ0n) is 14.4. The molecule has 1 aliphatic rings. The second-order valence-electron chi connectivity index (χ2n) is 6.89. The van der Waals surface area contributed by atoms with Crippen molar-refractivity contribution in [3.05, 3.63) is 71.0 Å². The van der Waals surface area contributed by atoms with E-state index in [2.05, 4.69) is 43.0 Å². The van der Waals surface area contributed by atoms with Crippen LogP contribution >= 0.6 is 0 Å². The van der Waals surface area contributed by atoms with Crippen LogP contribution in [0.15, 0.2) is 48.5 Å². The van der Waals surface area contributed by atoms with Gasteiger partial charge in [-0.05, 0) is 79.5 Å². The van der Waals surface area contributed by atoms with E-state index < -0.39 is 0 Å². The van der Waals surface area contributed by atoms with Gasteiger partial charge in [-0.2, -0.15) is 0 Å². The smallest absolute Gasteiger partial charge is 0.123 e. The summed E-state index contributed by atoms with van der Waals surface area (Å²) in [5, 5.41) is 0. The summed E-state index contributed by atoms with van der Waals surface area (Å²) < 4.78 is 12.9. The lowest BCUT2D eigenvalue weighted by Crippen LogP contribution is -2.13. The van der Waals surface area contributed by atoms with Gasteiger partial charge in [0.05, 0.1) is 0 Å². The molecule has 24 heavy (non-hydrogen) atoms. The lowest BCUT2D eigenvalue weighted by molar-refractivity contribution is 0.308. The Morgan fingerprint density at radius 2 is 1.38 bits per heavy atom. The summed E-state index contributed by atoms with van der Waals surface area (Å²) in [6, 6.07) is 15.0. The van der Waals surface area contributed by atoms with Crippen molar-refractivity contribution >= 4 is 0 Å². The van der Waals surface area contributed by atoms with Crippen LogP contribution in [0, 0.1) is 23.6 Å². The summed E-state index contributed by atoms with van der Waals surface area (Å²) in [5.41, 5.74) is 3.31. The molecule has 0 nitrogen and oxygen atoms in total. The summed E-state index contributed by atoms with van der Waals surface area (Å²) in [7, 11) is 0. The summed E-state index contributed by atoms with van der Waals surface area (Å²) in [4.78, 5) is 0. The van der Waals surface area contributed by atoms with E-state index in [9.17, 15) is 4.39 Å². The third-order valence-corrected chi connectivity index (χ3v) is 5.12. The SMILES string of the molecule is CCCC1CCC(c2ccc(C#Cc3ccc(F)cc3)cc2)CC1. The molecule has 0 bridgehead atoms. The third-order valence-electron chi connectivity index (χ3n) is 5.12. The van der Waals surface area contributed by atoms with E-state index in [0.717, 1.165) is 23.0 Å². The van der Waals surface area contributed by atoms with Gasteiger partial charge >= 0.3 is 0 Å². The molecule has 0 N–H and O–H groups in total. The Hall–Kier alpha value is -2.07. The molecule has 0 heterocycles. The highest BCUT2D eigenvalue weighted by atomic mass is 19.1. The average molecular weight is 320 g/mol. The van der Waals surface area contributed by atoms with Crippen LogP contribution in [-0.4, -0.2) is 0 Å². The third kappa shape index (κ3) is 4.48. The summed E-state index contributed by atoms with van der Waals surface area (Å²) in [6.45, 7) is 2.29. The van der Waals surface area contributed by atoms with E-state index in [0.29, 0.717) is 0 Å². The zero-order valence-corrected chi connectivity index (χ0v) is 14.4. The molecule has 1 aliphatic carbocycles. The molecule has 1 saturated carbocycles. The van der Waals surface area contributed by atoms with Gasteiger partial charge in [0.2, 0.25) is 0 Å². The normalized spacial score (nSPS) is 20.2. The largest absolute Gasteiger partial charge is 0.207 e. The topological polar surface area (TPSA) is 0 Å². The number of hydrogen-bond acceptors (Lipinski definition) is 0. The molecule has 1 fully saturated rings. The lowest BCUT2D eigenvalue weighted by Gasteiger charge is -2.28. The Kier molecular flexibility index (Phi) is 5.70. The second kappa shape index (κ2) is 8.15. The maximum Gasteiger partial charge on any atom is 0.123 e. The van der Waals surface area contributed by atoms with Crippen molar-refractivity contribution in [2.45, 2.75) is 51.4 Å². The first-order chi connectivity index (χ1) is 11.7. The number of halogens is 1. The van der Waals surface area contributed by atoms with Crippen molar-refractivity contribution in [1.82, 2.24) is 0 Å². The minimum atomic E-state index is -0.224. The van der Waals surface area contributed by atoms with E-state index in [4.69, 9.17) is 0 Å². The minimum Gasteiger partial charge on any atom is -0.207 e. The van der Waals surface area contributed by atoms with Crippen molar-refractivity contribution in [3.8, 4) is 11.8 Å². The fourth-order valence-electron chi connectivity index (χ4n) is 3.71. The Bertz CT molecular complexity index is 692. The Morgan fingerprint density at radius 1 is 0.833 bits per heavy atom. The van der Waals surface area contributed by atoms with Crippen LogP contribution in [0.2, 0.25) is 0 Å². The number of benzene rings is 2. The highest BCUT2D eigenvalue weighted by molar-refractivity contribution is 5.43. The predicted octanol–water partition coefficient (Wildman–Crippen LogP) is 6.30. The van der Waals surface area contributed by atoms with Gasteiger partial charge in [0.1, 0.15) is 5.82 Å². The average Bonchev–Trinajstić information content (AvgIpc) is 2.63. The first kappa shape index (κ1) is 16.8. The van der Waals surface area contributed by atoms with Gasteiger partial charge in [-0.3, -0.25) is 0 Å². The van der Waals surface area contributed by atoms with Crippen LogP contribution in [-0.2, 0) is 0 Å². The van der Waals surface area contributed by atoms with Crippen molar-refractivity contribution in [1.29, 1.82) is 0 Å². The van der Waals surface area contributed by atoms with Crippen LogP contribution in [0.1, 0.15) is 68.1 Å². The Balaban J connectivity index is 1.61. The molecule has 1 heteroatoms. The van der Waals surface area contributed by atoms with Gasteiger partial charge < -0.3 is 0 Å². The van der Waals surface area contributed by atoms with Gasteiger partial charge in [0.15, 0.2) is 0 Å². The number of hydrogen-bond donors (Lipinski definition) is 0. The summed E-state index contributed by atoms with van der Waals surface area (Å²) in [5.74, 6) is 7.70. The number of rotatable bonds is 3. The Morgan fingerprint density at radius 3 is 1.92 bits per heavy atom. The van der Waals surface area contributed by atoms with Crippen LogP contribution < -0.4 is 0 Å². The van der Waals surface area contributed by atoms with Crippen LogP contribution in [0.3, 0.4) is 0 Å². The molecule has 0 spiro atoms. The molecule has 0 atom stereocenters. The maximum absolute atomic E-state index is 12.9. The van der Waals surface area contributed by atoms with Crippen LogP contribution in [0.5, 0.6) is 0 Å². The van der Waals surface area contributed by atoms with E-state index in [1.54, 1.807) is 12.1 Å². The monoisotopic (exact) mass is 320 g/mol. The molecule has 3 rings (SSSR count). The predicted molar refractivity (Wildman–Crippen MR) is 98.4 cm³/mol. The molecular weight excluding hydrogens is 295 g/mol. The fourth-order valence-corrected chi connectivity index (χ4v) is 3.71. The van der Waals surface area contributed by atoms with E-state index in [-0.39, 0.29) is 5.82 Å². The fraction of sp³-hybridized carbons (Fsp3) is 0.391. The van der Waals surface area contributed by atoms with Gasteiger partial charge in [-0.15, -0.1) is 0 Å². The molecule has 0 radical (unpaired) electrons. The molecular formula is C23H25F. The minimum absolute atomic E-state index is 0.224. The van der Waals surface area contributed by atoms with Gasteiger partial charge in [-0.25, -0.2) is 4.39 Å². The molecule has 0 amide bonds. The van der Waals surface area contributed by atoms with Crippen molar-refractivity contribution < 1.29 is 4.39 Å². The van der Waals surface area contributed by atoms with Crippen LogP contribution in [0.25, 0.3) is 0 Å². The van der Waals surface area contributed by atoms with Crippen molar-refractivity contribution in [3.63, 3.8) is 0 Å². The molecule has 124 valence electrons. The van der Waals surface area contributed by atoms with Gasteiger partial charge in [0.25, 0.3) is 0 Å². The summed E-state index contributed by atoms with van der Waals surface area (Å²) in [6.07, 6.45) is 8.12. The quantitative estimate of drug-likeness (QED) is 0.582. The first-order valence-electron chi connectivity index (χ1n) is 9.12. The zero-order chi connectivity index (χ0) is 16.8. The highest BCUT2D eigenvalue weighted by Crippen LogP contribution is 2.37. The molecule has 0 saturated heterocycles. The lowest BCUT2D eigenvalue weighted by atomic mass is 9.77. The van der Waals surface area contributed by atoms with Crippen molar-refractivity contribution in [2.24, 2.45) is 5.92 Å². The van der Waals surface area contributed by atoms with E-state index in [1.165, 1.54) is 56.2 Å². The standard InChI is InChI=1S/C23H25F/c1-2-3-18-6-12-21(13-7-18)22-14-8-19(9-15-22)4-5-20-10-16-23(24)17-11-20/h8-11,14-18,21H,2-3,6-7,12-13H2,1H3. The van der Waals surface area contributed by atoms with Crippen LogP contribution in [0.4, 0.5) is 4.39 Å². The highest BCUT2D eigenvalue weighted by Gasteiger charge is 2.21. The first-order valence-corrected chi connectivity index (χ1v) is 9.12. The molecule has 0 aliphatic heterocycles.